The highest BCUT2D eigenvalue weighted by Crippen LogP contribution is 2.50. The van der Waals surface area contributed by atoms with Gasteiger partial charge in [0.2, 0.25) is 0 Å². The topological polar surface area (TPSA) is 20.2 Å². The summed E-state index contributed by atoms with van der Waals surface area (Å²) in [4.78, 5) is 1.26. The van der Waals surface area contributed by atoms with Gasteiger partial charge < -0.3 is 5.11 Å². The van der Waals surface area contributed by atoms with Crippen LogP contribution in [0, 0.1) is 12.3 Å². The van der Waals surface area contributed by atoms with Crippen LogP contribution in [0.5, 0.6) is 0 Å². The molecule has 102 valence electrons. The molecule has 1 aromatic carbocycles. The summed E-state index contributed by atoms with van der Waals surface area (Å²) >= 11 is 1.83. The van der Waals surface area contributed by atoms with Crippen molar-refractivity contribution >= 4 is 11.8 Å². The zero-order chi connectivity index (χ0) is 14.2. The number of aryl methyl sites for hydroxylation is 1. The van der Waals surface area contributed by atoms with Crippen molar-refractivity contribution in [2.75, 3.05) is 0 Å². The SMILES string of the molecule is Cc1cccc(SC(C)(C)C(C)(C)C(C)(C)O)c1. The van der Waals surface area contributed by atoms with Crippen LogP contribution < -0.4 is 0 Å². The zero-order valence-electron chi connectivity index (χ0n) is 12.7. The van der Waals surface area contributed by atoms with Crippen LogP contribution in [-0.4, -0.2) is 15.5 Å². The van der Waals surface area contributed by atoms with E-state index in [1.54, 1.807) is 0 Å². The monoisotopic (exact) mass is 266 g/mol. The molecule has 0 amide bonds. The number of aliphatic hydroxyl groups is 1. The first-order chi connectivity index (χ1) is 7.97. The molecule has 0 radical (unpaired) electrons. The van der Waals surface area contributed by atoms with Crippen molar-refractivity contribution in [2.24, 2.45) is 5.41 Å². The van der Waals surface area contributed by atoms with Crippen LogP contribution in [0.2, 0.25) is 0 Å². The van der Waals surface area contributed by atoms with Crippen molar-refractivity contribution in [3.63, 3.8) is 0 Å². The van der Waals surface area contributed by atoms with Crippen molar-refractivity contribution in [1.82, 2.24) is 0 Å². The van der Waals surface area contributed by atoms with Gasteiger partial charge in [-0.1, -0.05) is 31.5 Å². The van der Waals surface area contributed by atoms with E-state index in [0.29, 0.717) is 0 Å². The van der Waals surface area contributed by atoms with Crippen LogP contribution in [0.4, 0.5) is 0 Å². The van der Waals surface area contributed by atoms with E-state index in [9.17, 15) is 5.11 Å². The highest BCUT2D eigenvalue weighted by molar-refractivity contribution is 8.00. The lowest BCUT2D eigenvalue weighted by atomic mass is 9.69. The van der Waals surface area contributed by atoms with E-state index in [1.807, 2.05) is 25.6 Å². The molecule has 0 bridgehead atoms. The summed E-state index contributed by atoms with van der Waals surface area (Å²) in [5, 5.41) is 10.4. The number of hydrogen-bond donors (Lipinski definition) is 1. The molecule has 0 spiro atoms. The van der Waals surface area contributed by atoms with Crippen molar-refractivity contribution < 1.29 is 5.11 Å². The summed E-state index contributed by atoms with van der Waals surface area (Å²) in [7, 11) is 0. The second-order valence-electron chi connectivity index (χ2n) is 6.61. The van der Waals surface area contributed by atoms with Gasteiger partial charge in [0.1, 0.15) is 0 Å². The molecule has 1 N–H and O–H groups in total. The molecule has 0 unspecified atom stereocenters. The van der Waals surface area contributed by atoms with Gasteiger partial charge in [0.25, 0.3) is 0 Å². The average Bonchev–Trinajstić information content (AvgIpc) is 2.14. The van der Waals surface area contributed by atoms with E-state index in [-0.39, 0.29) is 10.2 Å². The third kappa shape index (κ3) is 3.10. The molecule has 1 aromatic rings. The van der Waals surface area contributed by atoms with Crippen LogP contribution in [0.3, 0.4) is 0 Å². The zero-order valence-corrected chi connectivity index (χ0v) is 13.5. The number of hydrogen-bond acceptors (Lipinski definition) is 2. The van der Waals surface area contributed by atoms with Crippen LogP contribution in [0.25, 0.3) is 0 Å². The summed E-state index contributed by atoms with van der Waals surface area (Å²) < 4.78 is -0.0565. The van der Waals surface area contributed by atoms with E-state index in [4.69, 9.17) is 0 Å². The molecule has 0 aliphatic rings. The Morgan fingerprint density at radius 3 is 2.00 bits per heavy atom. The molecule has 1 rings (SSSR count). The highest BCUT2D eigenvalue weighted by Gasteiger charge is 2.47. The Morgan fingerprint density at radius 2 is 1.56 bits per heavy atom. The third-order valence-electron chi connectivity index (χ3n) is 4.40. The lowest BCUT2D eigenvalue weighted by Gasteiger charge is -2.48. The van der Waals surface area contributed by atoms with Crippen molar-refractivity contribution in [3.05, 3.63) is 29.8 Å². The average molecular weight is 266 g/mol. The summed E-state index contributed by atoms with van der Waals surface area (Å²) in [6.07, 6.45) is 0. The minimum Gasteiger partial charge on any atom is -0.390 e. The van der Waals surface area contributed by atoms with Gasteiger partial charge in [0.15, 0.2) is 0 Å². The van der Waals surface area contributed by atoms with Gasteiger partial charge in [-0.05, 0) is 46.8 Å². The van der Waals surface area contributed by atoms with Gasteiger partial charge in [0, 0.05) is 15.1 Å². The fourth-order valence-corrected chi connectivity index (χ4v) is 3.32. The molecule has 0 aliphatic heterocycles. The summed E-state index contributed by atoms with van der Waals surface area (Å²) in [6, 6.07) is 8.54. The quantitative estimate of drug-likeness (QED) is 0.800. The standard InChI is InChI=1S/C16H26OS/c1-12-9-8-10-13(11-12)18-16(6,7)14(2,3)15(4,5)17/h8-11,17H,1-7H3. The number of thioether (sulfide) groups is 1. The summed E-state index contributed by atoms with van der Waals surface area (Å²) in [5.74, 6) is 0. The maximum Gasteiger partial charge on any atom is 0.0655 e. The number of rotatable bonds is 4. The Balaban J connectivity index is 3.01. The molecule has 0 aliphatic carbocycles. The smallest absolute Gasteiger partial charge is 0.0655 e. The molecule has 0 heterocycles. The van der Waals surface area contributed by atoms with Gasteiger partial charge in [-0.15, -0.1) is 11.8 Å². The molecule has 1 nitrogen and oxygen atoms in total. The summed E-state index contributed by atoms with van der Waals surface area (Å²) in [6.45, 7) is 14.6. The molecule has 0 saturated heterocycles. The van der Waals surface area contributed by atoms with Crippen molar-refractivity contribution in [1.29, 1.82) is 0 Å². The fraction of sp³-hybridized carbons (Fsp3) is 0.625. The van der Waals surface area contributed by atoms with Crippen LogP contribution in [0.1, 0.15) is 47.1 Å². The first-order valence-electron chi connectivity index (χ1n) is 6.45. The van der Waals surface area contributed by atoms with Crippen LogP contribution in [-0.2, 0) is 0 Å². The molecule has 0 fully saturated rings. The van der Waals surface area contributed by atoms with Gasteiger partial charge in [-0.2, -0.15) is 0 Å². The fourth-order valence-electron chi connectivity index (χ4n) is 1.84. The van der Waals surface area contributed by atoms with Crippen LogP contribution in [0.15, 0.2) is 29.2 Å². The third-order valence-corrected chi connectivity index (χ3v) is 5.91. The molecule has 18 heavy (non-hydrogen) atoms. The van der Waals surface area contributed by atoms with Gasteiger partial charge in [0.05, 0.1) is 5.60 Å². The van der Waals surface area contributed by atoms with E-state index < -0.39 is 5.60 Å². The van der Waals surface area contributed by atoms with E-state index >= 15 is 0 Å². The Morgan fingerprint density at radius 1 is 1.00 bits per heavy atom. The maximum absolute atomic E-state index is 10.4. The Bertz CT molecular complexity index is 413. The molecule has 2 heteroatoms. The lowest BCUT2D eigenvalue weighted by Crippen LogP contribution is -2.51. The van der Waals surface area contributed by atoms with Crippen molar-refractivity contribution in [2.45, 2.75) is 63.7 Å². The van der Waals surface area contributed by atoms with E-state index in [0.717, 1.165) is 0 Å². The summed E-state index contributed by atoms with van der Waals surface area (Å²) in [5.41, 5.74) is 0.360. The lowest BCUT2D eigenvalue weighted by molar-refractivity contribution is -0.0506. The predicted octanol–water partition coefficient (Wildman–Crippen LogP) is 4.66. The minimum atomic E-state index is -0.715. The first-order valence-corrected chi connectivity index (χ1v) is 7.27. The minimum absolute atomic E-state index is 0.0565. The first kappa shape index (κ1) is 15.6. The van der Waals surface area contributed by atoms with Gasteiger partial charge in [-0.3, -0.25) is 0 Å². The Hall–Kier alpha value is -0.470. The Labute approximate surface area is 116 Å². The Kier molecular flexibility index (Phi) is 4.24. The maximum atomic E-state index is 10.4. The van der Waals surface area contributed by atoms with E-state index in [1.165, 1.54) is 10.5 Å². The van der Waals surface area contributed by atoms with Crippen molar-refractivity contribution in [3.8, 4) is 0 Å². The number of benzene rings is 1. The molecular weight excluding hydrogens is 240 g/mol. The van der Waals surface area contributed by atoms with E-state index in [2.05, 4.69) is 58.9 Å². The largest absolute Gasteiger partial charge is 0.390 e. The van der Waals surface area contributed by atoms with Gasteiger partial charge in [-0.25, -0.2) is 0 Å². The molecule has 0 atom stereocenters. The van der Waals surface area contributed by atoms with Gasteiger partial charge >= 0.3 is 0 Å². The van der Waals surface area contributed by atoms with Crippen LogP contribution >= 0.6 is 11.8 Å². The molecule has 0 saturated carbocycles. The second kappa shape index (κ2) is 4.90. The molecule has 0 aromatic heterocycles. The highest BCUT2D eigenvalue weighted by atomic mass is 32.2. The predicted molar refractivity (Wildman–Crippen MR) is 81.2 cm³/mol. The normalized spacial score (nSPS) is 13.8. The molecular formula is C16H26OS. The second-order valence-corrected chi connectivity index (χ2v) is 8.31.